The summed E-state index contributed by atoms with van der Waals surface area (Å²) in [6.45, 7) is 15.6. The Hall–Kier alpha value is -5.01. The van der Waals surface area contributed by atoms with Crippen molar-refractivity contribution >= 4 is 35.5 Å². The molecule has 2 unspecified atom stereocenters. The van der Waals surface area contributed by atoms with Gasteiger partial charge in [0.25, 0.3) is 0 Å². The van der Waals surface area contributed by atoms with Crippen LogP contribution in [0.4, 0.5) is 21.0 Å². The smallest absolute Gasteiger partial charge is 0.409 e. The summed E-state index contributed by atoms with van der Waals surface area (Å²) in [5.74, 6) is -0.623. The number of carbonyl (C=O) groups is 4. The van der Waals surface area contributed by atoms with Gasteiger partial charge in [0.15, 0.2) is 11.5 Å². The monoisotopic (exact) mass is 994 g/mol. The second kappa shape index (κ2) is 26.5. The van der Waals surface area contributed by atoms with E-state index in [9.17, 15) is 19.2 Å². The van der Waals surface area contributed by atoms with Crippen molar-refractivity contribution in [2.45, 2.75) is 66.1 Å². The number of anilines is 2. The molecule has 320 valence electrons. The number of hydrogen-bond donors (Lipinski definition) is 4. The molecule has 4 aromatic carbocycles. The predicted molar refractivity (Wildman–Crippen MR) is 227 cm³/mol. The van der Waals surface area contributed by atoms with E-state index in [1.54, 1.807) is 46.8 Å². The number of carbonyl (C=O) groups excluding carboxylic acids is 2. The molecule has 6 rings (SSSR count). The van der Waals surface area contributed by atoms with Crippen molar-refractivity contribution in [1.82, 2.24) is 10.3 Å². The topological polar surface area (TPSA) is 203 Å². The van der Waals surface area contributed by atoms with E-state index in [2.05, 4.69) is 46.9 Å². The van der Waals surface area contributed by atoms with Crippen LogP contribution >= 0.6 is 0 Å². The third kappa shape index (κ3) is 17.0. The molecule has 0 aliphatic carbocycles. The van der Waals surface area contributed by atoms with Crippen molar-refractivity contribution < 1.29 is 113 Å². The van der Waals surface area contributed by atoms with Crippen molar-refractivity contribution in [2.24, 2.45) is 0 Å². The van der Waals surface area contributed by atoms with Crippen LogP contribution in [0, 0.1) is 27.7 Å². The fourth-order valence-corrected chi connectivity index (χ4v) is 5.48. The van der Waals surface area contributed by atoms with E-state index >= 15 is 0 Å². The Morgan fingerprint density at radius 2 is 0.952 bits per heavy atom. The molecular formula is C46H48N4O10Y2-2. The van der Waals surface area contributed by atoms with E-state index in [1.807, 2.05) is 78.9 Å². The molecular weight excluding hydrogens is 946 g/mol. The van der Waals surface area contributed by atoms with Gasteiger partial charge in [0.05, 0.1) is 6.42 Å². The Morgan fingerprint density at radius 1 is 0.597 bits per heavy atom. The van der Waals surface area contributed by atoms with Gasteiger partial charge in [0, 0.05) is 83.0 Å². The number of aryl methyl sites for hydroxylation is 2. The third-order valence-corrected chi connectivity index (χ3v) is 8.38. The van der Waals surface area contributed by atoms with E-state index in [4.69, 9.17) is 28.7 Å². The third-order valence-electron chi connectivity index (χ3n) is 8.38. The second-order valence-corrected chi connectivity index (χ2v) is 13.6. The van der Waals surface area contributed by atoms with Crippen LogP contribution in [-0.2, 0) is 97.3 Å². The van der Waals surface area contributed by atoms with Crippen LogP contribution in [-0.4, -0.2) is 56.9 Å². The Kier molecular flexibility index (Phi) is 22.7. The maximum atomic E-state index is 11.9. The van der Waals surface area contributed by atoms with Crippen molar-refractivity contribution in [2.75, 3.05) is 10.6 Å². The van der Waals surface area contributed by atoms with Gasteiger partial charge in [-0.15, -0.1) is 0 Å². The van der Waals surface area contributed by atoms with Crippen molar-refractivity contribution in [3.63, 3.8) is 0 Å². The molecule has 0 saturated heterocycles. The SMILES string of the molecule is CCC(=O)O.[CH2-]C(C)OC(=O)Nc1c(-c2ccc(-c3ccc(CC(=O)O)cc3)cc2)noc1C.[CH2-]C(C)OC(=O)Nc1c(-c2ccc(Cc3ccccc3)cc2)noc1C.[Y].[Y]. The average molecular weight is 995 g/mol. The summed E-state index contributed by atoms with van der Waals surface area (Å²) >= 11 is 0. The number of carboxylic acids is 2. The van der Waals surface area contributed by atoms with Crippen LogP contribution in [0.2, 0.25) is 0 Å². The maximum Gasteiger partial charge on any atom is 0.409 e. The summed E-state index contributed by atoms with van der Waals surface area (Å²) in [5, 5.41) is 30.0. The zero-order chi connectivity index (χ0) is 43.8. The summed E-state index contributed by atoms with van der Waals surface area (Å²) in [5.41, 5.74) is 8.78. The fourth-order valence-electron chi connectivity index (χ4n) is 5.48. The number of aliphatic carboxylic acids is 2. The van der Waals surface area contributed by atoms with Gasteiger partial charge in [-0.2, -0.15) is 0 Å². The molecule has 16 heteroatoms. The van der Waals surface area contributed by atoms with Crippen LogP contribution in [0.3, 0.4) is 0 Å². The van der Waals surface area contributed by atoms with E-state index in [-0.39, 0.29) is 78.3 Å². The number of amides is 2. The number of ether oxygens (including phenoxy) is 2. The molecule has 0 saturated carbocycles. The van der Waals surface area contributed by atoms with E-state index in [0.29, 0.717) is 34.3 Å². The number of carboxylic acid groups (broad SMARTS) is 2. The Bertz CT molecular complexity index is 2330. The zero-order valence-corrected chi connectivity index (χ0v) is 40.9. The number of nitrogens with one attached hydrogen (secondary N) is 2. The minimum atomic E-state index is -0.858. The summed E-state index contributed by atoms with van der Waals surface area (Å²) in [6.07, 6.45) is -1.07. The summed E-state index contributed by atoms with van der Waals surface area (Å²) in [6, 6.07) is 33.3. The van der Waals surface area contributed by atoms with Crippen molar-refractivity contribution in [1.29, 1.82) is 0 Å². The van der Waals surface area contributed by atoms with Crippen LogP contribution in [0.15, 0.2) is 112 Å². The predicted octanol–water partition coefficient (Wildman–Crippen LogP) is 10.2. The molecule has 0 aliphatic rings. The standard InChI is InChI=1S/C22H21N2O5.C21H21N2O3.C3H6O2.2Y/c1-13(2)28-22(27)23-20-14(3)29-24-21(20)18-10-8-17(9-11-18)16-6-4-15(5-7-16)12-19(25)26;1-14(2)25-21(24)22-19-15(3)26-23-20(19)18-11-9-17(10-12-18)13-16-7-5-4-6-8-16;1-2-3(4)5;;/h4-11,13H,1,12H2,2-3H3,(H,23,27)(H,25,26);4-12,14H,1,13H2,2-3H3,(H,22,24);2H2,1H3,(H,4,5);;/q2*-1;;;. The molecule has 2 amide bonds. The van der Waals surface area contributed by atoms with Gasteiger partial charge >= 0.3 is 24.1 Å². The first-order valence-corrected chi connectivity index (χ1v) is 18.9. The largest absolute Gasteiger partial charge is 0.481 e. The Morgan fingerprint density at radius 3 is 1.34 bits per heavy atom. The zero-order valence-electron chi connectivity index (χ0n) is 35.2. The van der Waals surface area contributed by atoms with Gasteiger partial charge in [-0.05, 0) is 60.3 Å². The molecule has 62 heavy (non-hydrogen) atoms. The summed E-state index contributed by atoms with van der Waals surface area (Å²) < 4.78 is 20.5. The van der Waals surface area contributed by atoms with Crippen LogP contribution in [0.5, 0.6) is 0 Å². The molecule has 2 heterocycles. The quantitative estimate of drug-likeness (QED) is 0.0846. The minimum Gasteiger partial charge on any atom is -0.481 e. The van der Waals surface area contributed by atoms with Crippen LogP contribution < -0.4 is 10.6 Å². The molecule has 0 spiro atoms. The number of rotatable bonds is 12. The second-order valence-electron chi connectivity index (χ2n) is 13.6. The molecule has 0 fully saturated rings. The van der Waals surface area contributed by atoms with Crippen LogP contribution in [0.1, 0.15) is 55.4 Å². The number of benzene rings is 4. The first-order valence-electron chi connectivity index (χ1n) is 18.9. The summed E-state index contributed by atoms with van der Waals surface area (Å²) in [4.78, 5) is 43.9. The van der Waals surface area contributed by atoms with Crippen molar-refractivity contribution in [3.8, 4) is 33.6 Å². The van der Waals surface area contributed by atoms with Gasteiger partial charge in [-0.25, -0.2) is 9.59 Å². The van der Waals surface area contributed by atoms with Gasteiger partial charge in [0.2, 0.25) is 0 Å². The maximum absolute atomic E-state index is 11.9. The number of hydrogen-bond acceptors (Lipinski definition) is 10. The molecule has 0 aliphatic heterocycles. The Labute approximate surface area is 411 Å². The fraction of sp³-hybridized carbons (Fsp3) is 0.217. The van der Waals surface area contributed by atoms with Crippen LogP contribution in [0.25, 0.3) is 33.6 Å². The van der Waals surface area contributed by atoms with Gasteiger partial charge in [0.1, 0.15) is 22.8 Å². The van der Waals surface area contributed by atoms with Gasteiger partial charge < -0.3 is 42.6 Å². The van der Waals surface area contributed by atoms with E-state index in [1.165, 1.54) is 11.1 Å². The molecule has 0 bridgehead atoms. The first-order chi connectivity index (χ1) is 28.6. The normalized spacial score (nSPS) is 11.0. The van der Waals surface area contributed by atoms with E-state index in [0.717, 1.165) is 34.2 Å². The molecule has 6 aromatic rings. The number of nitrogens with zero attached hydrogens (tertiary/aromatic N) is 2. The Balaban J connectivity index is 0.000000375. The first kappa shape index (κ1) is 53.1. The molecule has 2 atom stereocenters. The van der Waals surface area contributed by atoms with Gasteiger partial charge in [-0.3, -0.25) is 20.2 Å². The number of aromatic nitrogens is 2. The van der Waals surface area contributed by atoms with E-state index < -0.39 is 36.3 Å². The molecule has 2 aromatic heterocycles. The molecule has 4 N–H and O–H groups in total. The minimum absolute atomic E-state index is 0. The van der Waals surface area contributed by atoms with Crippen molar-refractivity contribution in [3.05, 3.63) is 145 Å². The summed E-state index contributed by atoms with van der Waals surface area (Å²) in [7, 11) is 0. The van der Waals surface area contributed by atoms with Gasteiger partial charge in [-0.1, -0.05) is 134 Å². The molecule has 14 nitrogen and oxygen atoms in total. The average Bonchev–Trinajstić information content (AvgIpc) is 3.75. The molecule has 2 radical (unpaired) electrons.